The number of hydrogen-bond acceptors (Lipinski definition) is 4. The zero-order valence-corrected chi connectivity index (χ0v) is 15.1. The summed E-state index contributed by atoms with van der Waals surface area (Å²) in [5.74, 6) is -1.76. The van der Waals surface area contributed by atoms with Crippen LogP contribution in [0.2, 0.25) is 0 Å². The summed E-state index contributed by atoms with van der Waals surface area (Å²) in [7, 11) is -3.42. The number of carboxylic acids is 1. The number of carbonyl (C=O) groups is 2. The second-order valence-corrected chi connectivity index (χ2v) is 8.04. The molecule has 1 amide bonds. The molecule has 1 aliphatic rings. The molecule has 0 radical (unpaired) electrons. The molecular formula is C18H18N2O5S. The molecule has 0 saturated carbocycles. The summed E-state index contributed by atoms with van der Waals surface area (Å²) in [5.41, 5.74) is 2.90. The largest absolute Gasteiger partial charge is 0.481 e. The van der Waals surface area contributed by atoms with Gasteiger partial charge in [-0.05, 0) is 42.3 Å². The van der Waals surface area contributed by atoms with Gasteiger partial charge in [-0.1, -0.05) is 18.2 Å². The van der Waals surface area contributed by atoms with Crippen molar-refractivity contribution in [2.24, 2.45) is 0 Å². The van der Waals surface area contributed by atoms with Gasteiger partial charge in [0, 0.05) is 16.9 Å². The van der Waals surface area contributed by atoms with Crippen LogP contribution in [-0.4, -0.2) is 31.7 Å². The van der Waals surface area contributed by atoms with Gasteiger partial charge in [-0.2, -0.15) is 0 Å². The number of hydrogen-bond donors (Lipinski definition) is 2. The first kappa shape index (κ1) is 17.9. The maximum Gasteiger partial charge on any atom is 0.310 e. The maximum atomic E-state index is 12.7. The lowest BCUT2D eigenvalue weighted by atomic mass is 10.0. The van der Waals surface area contributed by atoms with Gasteiger partial charge < -0.3 is 10.0 Å². The third-order valence-electron chi connectivity index (χ3n) is 4.29. The fourth-order valence-corrected chi connectivity index (χ4v) is 3.43. The Morgan fingerprint density at radius 2 is 1.85 bits per heavy atom. The van der Waals surface area contributed by atoms with E-state index in [-0.39, 0.29) is 5.91 Å². The van der Waals surface area contributed by atoms with Crippen LogP contribution in [0.4, 0.5) is 11.4 Å². The van der Waals surface area contributed by atoms with Crippen molar-refractivity contribution in [3.63, 3.8) is 0 Å². The Morgan fingerprint density at radius 3 is 2.42 bits per heavy atom. The van der Waals surface area contributed by atoms with Crippen LogP contribution in [0.25, 0.3) is 0 Å². The summed E-state index contributed by atoms with van der Waals surface area (Å²) in [5, 5.41) is 9.07. The van der Waals surface area contributed by atoms with Gasteiger partial charge in [0.05, 0.1) is 18.7 Å². The Balaban J connectivity index is 1.85. The predicted octanol–water partition coefficient (Wildman–Crippen LogP) is 2.41. The number of amides is 1. The van der Waals surface area contributed by atoms with Crippen molar-refractivity contribution in [2.45, 2.75) is 19.4 Å². The van der Waals surface area contributed by atoms with Gasteiger partial charge >= 0.3 is 5.97 Å². The lowest BCUT2D eigenvalue weighted by Crippen LogP contribution is -2.23. The van der Waals surface area contributed by atoms with Crippen LogP contribution in [0.1, 0.15) is 34.3 Å². The molecule has 136 valence electrons. The van der Waals surface area contributed by atoms with Crippen molar-refractivity contribution >= 4 is 33.3 Å². The summed E-state index contributed by atoms with van der Waals surface area (Å²) >= 11 is 0. The van der Waals surface area contributed by atoms with Crippen molar-refractivity contribution in [3.05, 3.63) is 59.2 Å². The molecule has 0 spiro atoms. The smallest absolute Gasteiger partial charge is 0.310 e. The molecule has 1 atom stereocenters. The highest BCUT2D eigenvalue weighted by atomic mass is 32.2. The predicted molar refractivity (Wildman–Crippen MR) is 97.9 cm³/mol. The summed E-state index contributed by atoms with van der Waals surface area (Å²) in [6.07, 6.45) is 1.05. The number of carboxylic acid groups (broad SMARTS) is 1. The van der Waals surface area contributed by atoms with Crippen LogP contribution < -0.4 is 9.62 Å². The third-order valence-corrected chi connectivity index (χ3v) is 4.90. The van der Waals surface area contributed by atoms with Crippen molar-refractivity contribution in [1.29, 1.82) is 0 Å². The van der Waals surface area contributed by atoms with Crippen molar-refractivity contribution in [2.75, 3.05) is 15.9 Å². The molecule has 1 unspecified atom stereocenters. The Morgan fingerprint density at radius 1 is 1.19 bits per heavy atom. The molecule has 2 aromatic carbocycles. The number of benzene rings is 2. The zero-order valence-electron chi connectivity index (χ0n) is 14.3. The van der Waals surface area contributed by atoms with E-state index in [0.717, 1.165) is 11.8 Å². The molecule has 1 heterocycles. The van der Waals surface area contributed by atoms with Gasteiger partial charge in [0.25, 0.3) is 5.91 Å². The molecule has 7 nitrogen and oxygen atoms in total. The summed E-state index contributed by atoms with van der Waals surface area (Å²) in [6.45, 7) is 1.98. The maximum absolute atomic E-state index is 12.7. The van der Waals surface area contributed by atoms with Crippen LogP contribution >= 0.6 is 0 Å². The van der Waals surface area contributed by atoms with Crippen LogP contribution in [0.15, 0.2) is 42.5 Å². The quantitative estimate of drug-likeness (QED) is 0.836. The van der Waals surface area contributed by atoms with E-state index in [2.05, 4.69) is 4.72 Å². The monoisotopic (exact) mass is 374 g/mol. The van der Waals surface area contributed by atoms with Crippen molar-refractivity contribution < 1.29 is 23.1 Å². The van der Waals surface area contributed by atoms with Crippen LogP contribution in [0, 0.1) is 0 Å². The number of fused-ring (bicyclic) bond motifs is 1. The minimum Gasteiger partial charge on any atom is -0.481 e. The minimum atomic E-state index is -3.42. The van der Waals surface area contributed by atoms with Gasteiger partial charge in [0.15, 0.2) is 0 Å². The number of sulfonamides is 1. The molecule has 0 saturated heterocycles. The van der Waals surface area contributed by atoms with E-state index in [4.69, 9.17) is 5.11 Å². The highest BCUT2D eigenvalue weighted by Gasteiger charge is 2.29. The van der Waals surface area contributed by atoms with Gasteiger partial charge in [-0.25, -0.2) is 8.42 Å². The van der Waals surface area contributed by atoms with E-state index >= 15 is 0 Å². The molecule has 8 heteroatoms. The van der Waals surface area contributed by atoms with Crippen LogP contribution in [-0.2, 0) is 21.4 Å². The van der Waals surface area contributed by atoms with E-state index < -0.39 is 21.9 Å². The number of nitrogens with zero attached hydrogens (tertiary/aromatic N) is 1. The minimum absolute atomic E-state index is 0.226. The SMILES string of the molecule is CC(C(=O)O)c1ccc(N2Cc3ccc(NS(C)(=O)=O)cc3C2=O)cc1. The number of rotatable bonds is 5. The van der Waals surface area contributed by atoms with Crippen molar-refractivity contribution in [1.82, 2.24) is 0 Å². The molecule has 0 bridgehead atoms. The lowest BCUT2D eigenvalue weighted by molar-refractivity contribution is -0.138. The summed E-state index contributed by atoms with van der Waals surface area (Å²) < 4.78 is 25.1. The van der Waals surface area contributed by atoms with Gasteiger partial charge in [-0.3, -0.25) is 14.3 Å². The van der Waals surface area contributed by atoms with Gasteiger partial charge in [0.2, 0.25) is 10.0 Å². The molecule has 26 heavy (non-hydrogen) atoms. The van der Waals surface area contributed by atoms with E-state index in [9.17, 15) is 18.0 Å². The molecule has 0 fully saturated rings. The summed E-state index contributed by atoms with van der Waals surface area (Å²) in [4.78, 5) is 25.3. The fraction of sp³-hybridized carbons (Fsp3) is 0.222. The van der Waals surface area contributed by atoms with Crippen LogP contribution in [0.5, 0.6) is 0 Å². The Hall–Kier alpha value is -2.87. The second-order valence-electron chi connectivity index (χ2n) is 6.29. The topological polar surface area (TPSA) is 104 Å². The molecule has 0 aromatic heterocycles. The number of carbonyl (C=O) groups excluding carboxylic acids is 1. The average Bonchev–Trinajstić information content (AvgIpc) is 2.89. The van der Waals surface area contributed by atoms with E-state index in [1.54, 1.807) is 48.2 Å². The molecule has 2 aromatic rings. The molecular weight excluding hydrogens is 356 g/mol. The average molecular weight is 374 g/mol. The highest BCUT2D eigenvalue weighted by Crippen LogP contribution is 2.31. The molecule has 1 aliphatic heterocycles. The Kier molecular flexibility index (Phi) is 4.45. The first-order valence-corrected chi connectivity index (χ1v) is 9.80. The number of nitrogens with one attached hydrogen (secondary N) is 1. The zero-order chi connectivity index (χ0) is 19.1. The van der Waals surface area contributed by atoms with Crippen LogP contribution in [0.3, 0.4) is 0 Å². The summed E-state index contributed by atoms with van der Waals surface area (Å²) in [6, 6.07) is 11.7. The highest BCUT2D eigenvalue weighted by molar-refractivity contribution is 7.92. The first-order chi connectivity index (χ1) is 12.2. The first-order valence-electron chi connectivity index (χ1n) is 7.91. The fourth-order valence-electron chi connectivity index (χ4n) is 2.87. The van der Waals surface area contributed by atoms with Gasteiger partial charge in [-0.15, -0.1) is 0 Å². The Bertz CT molecular complexity index is 983. The number of anilines is 2. The lowest BCUT2D eigenvalue weighted by Gasteiger charge is -2.16. The normalized spacial score (nSPS) is 14.8. The van der Waals surface area contributed by atoms with E-state index in [1.807, 2.05) is 0 Å². The molecule has 3 rings (SSSR count). The third kappa shape index (κ3) is 3.55. The van der Waals surface area contributed by atoms with E-state index in [1.165, 1.54) is 6.07 Å². The van der Waals surface area contributed by atoms with E-state index in [0.29, 0.717) is 29.0 Å². The Labute approximate surface area is 151 Å². The second kappa shape index (κ2) is 6.45. The molecule has 0 aliphatic carbocycles. The van der Waals surface area contributed by atoms with Gasteiger partial charge in [0.1, 0.15) is 0 Å². The standard InChI is InChI=1S/C18H18N2O5S/c1-11(18(22)23)12-4-7-15(8-5-12)20-10-13-3-6-14(19-26(2,24)25)9-16(13)17(20)21/h3-9,11,19H,10H2,1-2H3,(H,22,23). The number of aliphatic carboxylic acids is 1. The van der Waals surface area contributed by atoms with Crippen molar-refractivity contribution in [3.8, 4) is 0 Å². The molecule has 2 N–H and O–H groups in total.